The molecule has 1 unspecified atom stereocenters. The van der Waals surface area contributed by atoms with Crippen molar-refractivity contribution in [1.82, 2.24) is 14.8 Å². The largest absolute Gasteiger partial charge is 0.483 e. The molecule has 2 aromatic carbocycles. The summed E-state index contributed by atoms with van der Waals surface area (Å²) in [5.41, 5.74) is 1.80. The Hall–Kier alpha value is -2.51. The third-order valence-corrected chi connectivity index (χ3v) is 5.37. The highest BCUT2D eigenvalue weighted by Crippen LogP contribution is 2.25. The van der Waals surface area contributed by atoms with Crippen molar-refractivity contribution in [3.63, 3.8) is 0 Å². The van der Waals surface area contributed by atoms with Crippen LogP contribution >= 0.6 is 23.4 Å². The Morgan fingerprint density at radius 3 is 2.76 bits per heavy atom. The van der Waals surface area contributed by atoms with Crippen LogP contribution in [-0.2, 0) is 11.3 Å². The number of hydrogen-bond donors (Lipinski definition) is 1. The van der Waals surface area contributed by atoms with Gasteiger partial charge in [-0.25, -0.2) is 0 Å². The predicted molar refractivity (Wildman–Crippen MR) is 117 cm³/mol. The number of aryl methyl sites for hydroxylation is 1. The van der Waals surface area contributed by atoms with Gasteiger partial charge in [0.25, 0.3) is 0 Å². The van der Waals surface area contributed by atoms with Crippen LogP contribution < -0.4 is 10.1 Å². The van der Waals surface area contributed by atoms with E-state index in [4.69, 9.17) is 16.3 Å². The van der Waals surface area contributed by atoms with Gasteiger partial charge in [0.15, 0.2) is 17.1 Å². The lowest BCUT2D eigenvalue weighted by Crippen LogP contribution is -2.15. The normalized spacial score (nSPS) is 11.9. The smallest absolute Gasteiger partial charge is 0.234 e. The lowest BCUT2D eigenvalue weighted by atomic mass is 10.2. The Labute approximate surface area is 179 Å². The molecule has 3 rings (SSSR count). The SMILES string of the molecule is CCn1c(SCC(=O)Nc2cccc(Cl)c2)nnc1C(C)Oc1cccc(C)c1. The van der Waals surface area contributed by atoms with Crippen molar-refractivity contribution in [2.45, 2.75) is 38.6 Å². The monoisotopic (exact) mass is 430 g/mol. The molecule has 0 radical (unpaired) electrons. The fraction of sp³-hybridized carbons (Fsp3) is 0.286. The van der Waals surface area contributed by atoms with Crippen molar-refractivity contribution in [3.8, 4) is 5.75 Å². The molecule has 3 aromatic rings. The van der Waals surface area contributed by atoms with Gasteiger partial charge in [-0.15, -0.1) is 10.2 Å². The molecule has 0 fully saturated rings. The van der Waals surface area contributed by atoms with Gasteiger partial charge in [0.1, 0.15) is 5.75 Å². The quantitative estimate of drug-likeness (QED) is 0.501. The van der Waals surface area contributed by atoms with Crippen molar-refractivity contribution in [3.05, 3.63) is 64.9 Å². The van der Waals surface area contributed by atoms with E-state index < -0.39 is 0 Å². The summed E-state index contributed by atoms with van der Waals surface area (Å²) in [7, 11) is 0. The number of thioether (sulfide) groups is 1. The first-order chi connectivity index (χ1) is 14.0. The van der Waals surface area contributed by atoms with Crippen molar-refractivity contribution in [2.75, 3.05) is 11.1 Å². The molecule has 6 nitrogen and oxygen atoms in total. The second-order valence-electron chi connectivity index (χ2n) is 6.51. The molecule has 0 spiro atoms. The predicted octanol–water partition coefficient (Wildman–Crippen LogP) is 5.13. The van der Waals surface area contributed by atoms with E-state index in [0.717, 1.165) is 17.1 Å². The van der Waals surface area contributed by atoms with Crippen LogP contribution in [0.4, 0.5) is 5.69 Å². The first-order valence-corrected chi connectivity index (χ1v) is 10.7. The number of hydrogen-bond acceptors (Lipinski definition) is 5. The van der Waals surface area contributed by atoms with Crippen LogP contribution in [0.25, 0.3) is 0 Å². The summed E-state index contributed by atoms with van der Waals surface area (Å²) in [6.07, 6.45) is -0.265. The highest BCUT2D eigenvalue weighted by Gasteiger charge is 2.19. The van der Waals surface area contributed by atoms with E-state index >= 15 is 0 Å². The number of anilines is 1. The second-order valence-corrected chi connectivity index (χ2v) is 7.89. The maximum absolute atomic E-state index is 12.3. The number of benzene rings is 2. The second kappa shape index (κ2) is 9.80. The number of ether oxygens (including phenoxy) is 1. The molecule has 1 N–H and O–H groups in total. The molecular weight excluding hydrogens is 408 g/mol. The lowest BCUT2D eigenvalue weighted by molar-refractivity contribution is -0.113. The summed E-state index contributed by atoms with van der Waals surface area (Å²) in [4.78, 5) is 12.3. The standard InChI is InChI=1S/C21H23ClN4O2S/c1-4-26-20(15(3)28-18-10-5-7-14(2)11-18)24-25-21(26)29-13-19(27)23-17-9-6-8-16(22)12-17/h5-12,15H,4,13H2,1-3H3,(H,23,27). The zero-order valence-corrected chi connectivity index (χ0v) is 18.1. The third-order valence-electron chi connectivity index (χ3n) is 4.17. The summed E-state index contributed by atoms with van der Waals surface area (Å²) in [5.74, 6) is 1.61. The molecule has 152 valence electrons. The summed E-state index contributed by atoms with van der Waals surface area (Å²) in [6, 6.07) is 15.0. The zero-order chi connectivity index (χ0) is 20.8. The molecule has 1 aromatic heterocycles. The molecule has 1 heterocycles. The van der Waals surface area contributed by atoms with E-state index in [1.807, 2.05) is 49.6 Å². The Balaban J connectivity index is 1.63. The van der Waals surface area contributed by atoms with Crippen LogP contribution in [0.5, 0.6) is 5.75 Å². The fourth-order valence-electron chi connectivity index (χ4n) is 2.84. The van der Waals surface area contributed by atoms with Crippen molar-refractivity contribution >= 4 is 35.0 Å². The first-order valence-electron chi connectivity index (χ1n) is 9.31. The van der Waals surface area contributed by atoms with Crippen molar-refractivity contribution in [2.24, 2.45) is 0 Å². The highest BCUT2D eigenvalue weighted by atomic mass is 35.5. The molecule has 0 saturated carbocycles. The Morgan fingerprint density at radius 1 is 1.24 bits per heavy atom. The van der Waals surface area contributed by atoms with E-state index in [-0.39, 0.29) is 17.8 Å². The summed E-state index contributed by atoms with van der Waals surface area (Å²) < 4.78 is 8.00. The summed E-state index contributed by atoms with van der Waals surface area (Å²) >= 11 is 7.29. The number of halogens is 1. The van der Waals surface area contributed by atoms with Crippen LogP contribution in [0.3, 0.4) is 0 Å². The number of carbonyl (C=O) groups excluding carboxylic acids is 1. The Bertz CT molecular complexity index is 992. The molecule has 0 saturated heterocycles. The van der Waals surface area contributed by atoms with Gasteiger partial charge in [-0.2, -0.15) is 0 Å². The molecule has 1 atom stereocenters. The van der Waals surface area contributed by atoms with Gasteiger partial charge in [0, 0.05) is 17.3 Å². The molecule has 0 bridgehead atoms. The van der Waals surface area contributed by atoms with E-state index in [9.17, 15) is 4.79 Å². The molecule has 1 amide bonds. The molecule has 0 aliphatic carbocycles. The number of nitrogens with one attached hydrogen (secondary N) is 1. The number of nitrogens with zero attached hydrogens (tertiary/aromatic N) is 3. The molecule has 8 heteroatoms. The van der Waals surface area contributed by atoms with Crippen LogP contribution in [0, 0.1) is 6.92 Å². The van der Waals surface area contributed by atoms with Crippen molar-refractivity contribution in [1.29, 1.82) is 0 Å². The minimum Gasteiger partial charge on any atom is -0.483 e. The molecule has 0 aliphatic heterocycles. The molecule has 0 aliphatic rings. The topological polar surface area (TPSA) is 69.0 Å². The van der Waals surface area contributed by atoms with E-state index in [2.05, 4.69) is 15.5 Å². The number of rotatable bonds is 8. The van der Waals surface area contributed by atoms with E-state index in [1.54, 1.807) is 24.3 Å². The number of amides is 1. The van der Waals surface area contributed by atoms with Gasteiger partial charge in [0.05, 0.1) is 5.75 Å². The summed E-state index contributed by atoms with van der Waals surface area (Å²) in [6.45, 7) is 6.67. The third kappa shape index (κ3) is 5.74. The van der Waals surface area contributed by atoms with Gasteiger partial charge in [0.2, 0.25) is 5.91 Å². The van der Waals surface area contributed by atoms with E-state index in [0.29, 0.717) is 22.4 Å². The first kappa shape index (κ1) is 21.2. The highest BCUT2D eigenvalue weighted by molar-refractivity contribution is 7.99. The minimum absolute atomic E-state index is 0.131. The van der Waals surface area contributed by atoms with Crippen LogP contribution in [-0.4, -0.2) is 26.4 Å². The summed E-state index contributed by atoms with van der Waals surface area (Å²) in [5, 5.41) is 12.6. The van der Waals surface area contributed by atoms with Gasteiger partial charge in [-0.3, -0.25) is 4.79 Å². The Morgan fingerprint density at radius 2 is 2.03 bits per heavy atom. The van der Waals surface area contributed by atoms with Gasteiger partial charge < -0.3 is 14.6 Å². The Kier molecular flexibility index (Phi) is 7.17. The maximum atomic E-state index is 12.3. The van der Waals surface area contributed by atoms with Crippen LogP contribution in [0.2, 0.25) is 5.02 Å². The maximum Gasteiger partial charge on any atom is 0.234 e. The minimum atomic E-state index is -0.265. The number of aromatic nitrogens is 3. The van der Waals surface area contributed by atoms with Crippen molar-refractivity contribution < 1.29 is 9.53 Å². The fourth-order valence-corrected chi connectivity index (χ4v) is 3.84. The van der Waals surface area contributed by atoms with Gasteiger partial charge in [-0.05, 0) is 56.7 Å². The average molecular weight is 431 g/mol. The van der Waals surface area contributed by atoms with Crippen LogP contribution in [0.1, 0.15) is 31.3 Å². The average Bonchev–Trinajstić information content (AvgIpc) is 3.09. The molecule has 29 heavy (non-hydrogen) atoms. The molecular formula is C21H23ClN4O2S. The zero-order valence-electron chi connectivity index (χ0n) is 16.6. The lowest BCUT2D eigenvalue weighted by Gasteiger charge is -2.16. The van der Waals surface area contributed by atoms with Gasteiger partial charge >= 0.3 is 0 Å². The van der Waals surface area contributed by atoms with Gasteiger partial charge in [-0.1, -0.05) is 41.6 Å². The number of carbonyl (C=O) groups is 1. The van der Waals surface area contributed by atoms with E-state index in [1.165, 1.54) is 11.8 Å². The van der Waals surface area contributed by atoms with Crippen LogP contribution in [0.15, 0.2) is 53.7 Å².